The van der Waals surface area contributed by atoms with Crippen LogP contribution in [-0.4, -0.2) is 12.6 Å². The molecule has 0 aromatic rings. The molecule has 0 aliphatic carbocycles. The van der Waals surface area contributed by atoms with Crippen LogP contribution in [-0.2, 0) is 9.53 Å². The Morgan fingerprint density at radius 2 is 0.917 bits per heavy atom. The second-order valence-electron chi connectivity index (χ2n) is 7.27. The second-order valence-corrected chi connectivity index (χ2v) is 7.27. The first-order valence-corrected chi connectivity index (χ1v) is 11.0. The lowest BCUT2D eigenvalue weighted by Gasteiger charge is -2.05. The van der Waals surface area contributed by atoms with Crippen molar-refractivity contribution in [2.75, 3.05) is 6.61 Å². The van der Waals surface area contributed by atoms with Gasteiger partial charge in [-0.2, -0.15) is 0 Å². The normalized spacial score (nSPS) is 10.9. The van der Waals surface area contributed by atoms with Crippen LogP contribution in [0.1, 0.15) is 129 Å². The Labute approximate surface area is 152 Å². The van der Waals surface area contributed by atoms with E-state index in [0.717, 1.165) is 19.3 Å². The van der Waals surface area contributed by atoms with E-state index in [0.29, 0.717) is 13.0 Å². The third-order valence-electron chi connectivity index (χ3n) is 4.75. The summed E-state index contributed by atoms with van der Waals surface area (Å²) >= 11 is 0. The molecule has 24 heavy (non-hydrogen) atoms. The summed E-state index contributed by atoms with van der Waals surface area (Å²) in [6.45, 7) is 5.01. The molecule has 0 aliphatic heterocycles. The summed E-state index contributed by atoms with van der Waals surface area (Å²) in [4.78, 5) is 11.3. The minimum atomic E-state index is -0.0118. The zero-order valence-electron chi connectivity index (χ0n) is 16.8. The average molecular weight is 341 g/mol. The second kappa shape index (κ2) is 20.5. The van der Waals surface area contributed by atoms with E-state index in [2.05, 4.69) is 13.8 Å². The number of hydrogen-bond donors (Lipinski definition) is 0. The maximum absolute atomic E-state index is 11.3. The van der Waals surface area contributed by atoms with Crippen molar-refractivity contribution in [1.82, 2.24) is 0 Å². The molecule has 0 saturated carbocycles. The SMILES string of the molecule is CCCCCCCCCCCCCCCCCOC(=O)CCCC. The Morgan fingerprint density at radius 1 is 0.542 bits per heavy atom. The van der Waals surface area contributed by atoms with Crippen LogP contribution in [0.4, 0.5) is 0 Å². The molecule has 0 aromatic heterocycles. The lowest BCUT2D eigenvalue weighted by Crippen LogP contribution is -2.05. The van der Waals surface area contributed by atoms with Gasteiger partial charge in [0, 0.05) is 6.42 Å². The highest BCUT2D eigenvalue weighted by Gasteiger charge is 2.00. The first-order chi connectivity index (χ1) is 11.8. The number of carbonyl (C=O) groups is 1. The van der Waals surface area contributed by atoms with Gasteiger partial charge in [-0.15, -0.1) is 0 Å². The van der Waals surface area contributed by atoms with Crippen molar-refractivity contribution in [1.29, 1.82) is 0 Å². The van der Waals surface area contributed by atoms with Crippen LogP contribution in [0.25, 0.3) is 0 Å². The smallest absolute Gasteiger partial charge is 0.305 e. The minimum absolute atomic E-state index is 0.0118. The third-order valence-corrected chi connectivity index (χ3v) is 4.75. The van der Waals surface area contributed by atoms with E-state index < -0.39 is 0 Å². The summed E-state index contributed by atoms with van der Waals surface area (Å²) in [5.41, 5.74) is 0. The molecule has 0 aliphatic rings. The molecule has 0 fully saturated rings. The van der Waals surface area contributed by atoms with Crippen LogP contribution >= 0.6 is 0 Å². The van der Waals surface area contributed by atoms with E-state index >= 15 is 0 Å². The van der Waals surface area contributed by atoms with Crippen molar-refractivity contribution < 1.29 is 9.53 Å². The molecule has 0 bridgehead atoms. The van der Waals surface area contributed by atoms with Gasteiger partial charge in [-0.25, -0.2) is 0 Å². The van der Waals surface area contributed by atoms with Gasteiger partial charge in [0.1, 0.15) is 0 Å². The number of hydrogen-bond acceptors (Lipinski definition) is 2. The van der Waals surface area contributed by atoms with Crippen LogP contribution in [0.5, 0.6) is 0 Å². The molecule has 0 amide bonds. The van der Waals surface area contributed by atoms with Crippen molar-refractivity contribution in [3.63, 3.8) is 0 Å². The summed E-state index contributed by atoms with van der Waals surface area (Å²) in [5.74, 6) is -0.0118. The maximum Gasteiger partial charge on any atom is 0.305 e. The van der Waals surface area contributed by atoms with Crippen molar-refractivity contribution >= 4 is 5.97 Å². The molecule has 0 N–H and O–H groups in total. The largest absolute Gasteiger partial charge is 0.466 e. The highest BCUT2D eigenvalue weighted by Crippen LogP contribution is 2.13. The van der Waals surface area contributed by atoms with Gasteiger partial charge in [-0.05, 0) is 12.8 Å². The van der Waals surface area contributed by atoms with Gasteiger partial charge < -0.3 is 4.74 Å². The van der Waals surface area contributed by atoms with Crippen molar-refractivity contribution in [2.24, 2.45) is 0 Å². The summed E-state index contributed by atoms with van der Waals surface area (Å²) in [6, 6.07) is 0. The van der Waals surface area contributed by atoms with Crippen molar-refractivity contribution in [3.05, 3.63) is 0 Å². The Kier molecular flexibility index (Phi) is 20.1. The molecular formula is C22H44O2. The fourth-order valence-corrected chi connectivity index (χ4v) is 3.05. The quantitative estimate of drug-likeness (QED) is 0.179. The highest BCUT2D eigenvalue weighted by atomic mass is 16.5. The number of ether oxygens (including phenoxy) is 1. The van der Waals surface area contributed by atoms with Crippen LogP contribution < -0.4 is 0 Å². The zero-order valence-corrected chi connectivity index (χ0v) is 16.8. The molecule has 0 atom stereocenters. The Bertz CT molecular complexity index is 250. The predicted molar refractivity (Wildman–Crippen MR) is 105 cm³/mol. The van der Waals surface area contributed by atoms with E-state index in [1.807, 2.05) is 0 Å². The molecule has 0 radical (unpaired) electrons. The number of rotatable bonds is 19. The van der Waals surface area contributed by atoms with E-state index in [1.165, 1.54) is 89.9 Å². The van der Waals surface area contributed by atoms with Crippen molar-refractivity contribution in [3.8, 4) is 0 Å². The number of esters is 1. The molecule has 0 unspecified atom stereocenters. The fourth-order valence-electron chi connectivity index (χ4n) is 3.05. The standard InChI is InChI=1S/C22H44O2/c1-3-5-7-8-9-10-11-12-13-14-15-16-17-18-19-21-24-22(23)20-6-4-2/h3-21H2,1-2H3. The van der Waals surface area contributed by atoms with Gasteiger partial charge in [0.2, 0.25) is 0 Å². The van der Waals surface area contributed by atoms with Gasteiger partial charge in [0.15, 0.2) is 0 Å². The van der Waals surface area contributed by atoms with Crippen LogP contribution in [0.15, 0.2) is 0 Å². The lowest BCUT2D eigenvalue weighted by atomic mass is 10.0. The molecular weight excluding hydrogens is 296 g/mol. The molecule has 0 spiro atoms. The lowest BCUT2D eigenvalue weighted by molar-refractivity contribution is -0.143. The minimum Gasteiger partial charge on any atom is -0.466 e. The highest BCUT2D eigenvalue weighted by molar-refractivity contribution is 5.69. The van der Waals surface area contributed by atoms with Crippen LogP contribution in [0.3, 0.4) is 0 Å². The van der Waals surface area contributed by atoms with Gasteiger partial charge >= 0.3 is 5.97 Å². The monoisotopic (exact) mass is 340 g/mol. The molecule has 0 aromatic carbocycles. The molecule has 144 valence electrons. The maximum atomic E-state index is 11.3. The van der Waals surface area contributed by atoms with Gasteiger partial charge in [0.05, 0.1) is 6.61 Å². The Hall–Kier alpha value is -0.530. The van der Waals surface area contributed by atoms with E-state index in [-0.39, 0.29) is 5.97 Å². The molecule has 0 heterocycles. The topological polar surface area (TPSA) is 26.3 Å². The summed E-state index contributed by atoms with van der Waals surface area (Å²) in [5, 5.41) is 0. The molecule has 0 rings (SSSR count). The van der Waals surface area contributed by atoms with Crippen molar-refractivity contribution in [2.45, 2.75) is 129 Å². The van der Waals surface area contributed by atoms with E-state index in [9.17, 15) is 4.79 Å². The third kappa shape index (κ3) is 19.5. The summed E-state index contributed by atoms with van der Waals surface area (Å²) < 4.78 is 5.22. The molecule has 0 saturated heterocycles. The molecule has 2 nitrogen and oxygen atoms in total. The molecule has 2 heteroatoms. The fraction of sp³-hybridized carbons (Fsp3) is 0.955. The van der Waals surface area contributed by atoms with Gasteiger partial charge in [-0.1, -0.05) is 110 Å². The van der Waals surface area contributed by atoms with Gasteiger partial charge in [0.25, 0.3) is 0 Å². The van der Waals surface area contributed by atoms with Crippen LogP contribution in [0.2, 0.25) is 0 Å². The predicted octanol–water partition coefficient (Wildman–Crippen LogP) is 7.59. The van der Waals surface area contributed by atoms with Crippen LogP contribution in [0, 0.1) is 0 Å². The van der Waals surface area contributed by atoms with E-state index in [4.69, 9.17) is 4.74 Å². The summed E-state index contributed by atoms with van der Waals surface area (Å²) in [7, 11) is 0. The average Bonchev–Trinajstić information content (AvgIpc) is 2.59. The number of carbonyl (C=O) groups excluding carboxylic acids is 1. The Morgan fingerprint density at radius 3 is 1.33 bits per heavy atom. The Balaban J connectivity index is 3.04. The summed E-state index contributed by atoms with van der Waals surface area (Å²) in [6.07, 6.45) is 23.1. The first kappa shape index (κ1) is 23.5. The van der Waals surface area contributed by atoms with E-state index in [1.54, 1.807) is 0 Å². The number of unbranched alkanes of at least 4 members (excludes halogenated alkanes) is 15. The zero-order chi connectivity index (χ0) is 17.7. The van der Waals surface area contributed by atoms with Gasteiger partial charge in [-0.3, -0.25) is 4.79 Å². The first-order valence-electron chi connectivity index (χ1n) is 11.0.